The summed E-state index contributed by atoms with van der Waals surface area (Å²) < 4.78 is 75.5. The molecule has 0 aromatic heterocycles. The SMILES string of the molecule is Cc1cc(-c2cc3c(cc2-c2ccccc2S(N)(=O)=O)OCO3)cc(C)c1C(F)(F)F. The van der Waals surface area contributed by atoms with E-state index in [0.717, 1.165) is 0 Å². The molecule has 3 aromatic carbocycles. The molecular weight excluding hydrogens is 431 g/mol. The van der Waals surface area contributed by atoms with Crippen LogP contribution in [0.5, 0.6) is 11.5 Å². The third kappa shape index (κ3) is 3.86. The summed E-state index contributed by atoms with van der Waals surface area (Å²) in [6.07, 6.45) is -4.48. The lowest BCUT2D eigenvalue weighted by Crippen LogP contribution is -2.13. The number of primary sulfonamides is 1. The molecule has 5 nitrogen and oxygen atoms in total. The van der Waals surface area contributed by atoms with Crippen LogP contribution < -0.4 is 14.6 Å². The molecular formula is C22H18F3NO4S. The lowest BCUT2D eigenvalue weighted by atomic mass is 9.90. The van der Waals surface area contributed by atoms with Crippen LogP contribution in [0.3, 0.4) is 0 Å². The molecule has 3 aromatic rings. The number of alkyl halides is 3. The predicted molar refractivity (Wildman–Crippen MR) is 109 cm³/mol. The van der Waals surface area contributed by atoms with Crippen molar-refractivity contribution >= 4 is 10.0 Å². The van der Waals surface area contributed by atoms with E-state index in [9.17, 15) is 21.6 Å². The van der Waals surface area contributed by atoms with Crippen LogP contribution in [0.2, 0.25) is 0 Å². The summed E-state index contributed by atoms with van der Waals surface area (Å²) in [5.41, 5.74) is 1.18. The lowest BCUT2D eigenvalue weighted by Gasteiger charge is -2.18. The monoisotopic (exact) mass is 449 g/mol. The fourth-order valence-corrected chi connectivity index (χ4v) is 4.66. The standard InChI is InChI=1S/C22H18F3NO4S/c1-12-7-14(8-13(2)21(12)22(23,24)25)16-9-18-19(30-11-29-18)10-17(16)15-5-3-4-6-20(15)31(26,27)28/h3-10H,11H2,1-2H3,(H2,26,27,28). The van der Waals surface area contributed by atoms with Crippen molar-refractivity contribution in [2.45, 2.75) is 24.9 Å². The fourth-order valence-electron chi connectivity index (χ4n) is 3.91. The van der Waals surface area contributed by atoms with Crippen molar-refractivity contribution < 1.29 is 31.1 Å². The van der Waals surface area contributed by atoms with Crippen LogP contribution in [0.25, 0.3) is 22.3 Å². The van der Waals surface area contributed by atoms with Crippen molar-refractivity contribution in [3.8, 4) is 33.8 Å². The van der Waals surface area contributed by atoms with Crippen LogP contribution in [0.15, 0.2) is 53.4 Å². The van der Waals surface area contributed by atoms with Gasteiger partial charge in [-0.05, 0) is 59.9 Å². The van der Waals surface area contributed by atoms with Crippen LogP contribution in [-0.2, 0) is 16.2 Å². The minimum Gasteiger partial charge on any atom is -0.454 e. The molecule has 1 aliphatic heterocycles. The highest BCUT2D eigenvalue weighted by Gasteiger charge is 2.34. The van der Waals surface area contributed by atoms with Gasteiger partial charge in [0.25, 0.3) is 0 Å². The second-order valence-electron chi connectivity index (χ2n) is 7.28. The Morgan fingerprint density at radius 3 is 1.97 bits per heavy atom. The van der Waals surface area contributed by atoms with Gasteiger partial charge in [-0.15, -0.1) is 0 Å². The zero-order chi connectivity index (χ0) is 22.6. The number of hydrogen-bond acceptors (Lipinski definition) is 4. The number of aryl methyl sites for hydroxylation is 2. The molecule has 31 heavy (non-hydrogen) atoms. The minimum absolute atomic E-state index is 0.0138. The van der Waals surface area contributed by atoms with Crippen molar-refractivity contribution in [1.29, 1.82) is 0 Å². The summed E-state index contributed by atoms with van der Waals surface area (Å²) in [6.45, 7) is 2.77. The van der Waals surface area contributed by atoms with Crippen LogP contribution in [0.4, 0.5) is 13.2 Å². The maximum absolute atomic E-state index is 13.4. The van der Waals surface area contributed by atoms with Crippen molar-refractivity contribution in [2.24, 2.45) is 5.14 Å². The topological polar surface area (TPSA) is 78.6 Å². The maximum Gasteiger partial charge on any atom is 0.416 e. The normalized spacial score (nSPS) is 13.5. The fraction of sp³-hybridized carbons (Fsp3) is 0.182. The summed E-state index contributed by atoms with van der Waals surface area (Å²) in [5, 5.41) is 5.40. The highest BCUT2D eigenvalue weighted by molar-refractivity contribution is 7.89. The first-order chi connectivity index (χ1) is 14.5. The molecule has 0 amide bonds. The first-order valence-electron chi connectivity index (χ1n) is 9.21. The Balaban J connectivity index is 2.02. The molecule has 162 valence electrons. The maximum atomic E-state index is 13.4. The average molecular weight is 449 g/mol. The molecule has 0 spiro atoms. The Kier molecular flexibility index (Phi) is 4.98. The van der Waals surface area contributed by atoms with Gasteiger partial charge in [0, 0.05) is 5.56 Å². The van der Waals surface area contributed by atoms with Crippen molar-refractivity contribution in [2.75, 3.05) is 6.79 Å². The molecule has 0 saturated carbocycles. The quantitative estimate of drug-likeness (QED) is 0.608. The molecule has 0 atom stereocenters. The first-order valence-corrected chi connectivity index (χ1v) is 10.8. The molecule has 0 fully saturated rings. The van der Waals surface area contributed by atoms with Gasteiger partial charge in [0.1, 0.15) is 0 Å². The van der Waals surface area contributed by atoms with Gasteiger partial charge in [0.2, 0.25) is 16.8 Å². The summed E-state index contributed by atoms with van der Waals surface area (Å²) in [4.78, 5) is -0.101. The predicted octanol–water partition coefficient (Wildman–Crippen LogP) is 5.03. The van der Waals surface area contributed by atoms with Crippen molar-refractivity contribution in [3.05, 3.63) is 65.2 Å². The highest BCUT2D eigenvalue weighted by atomic mass is 32.2. The van der Waals surface area contributed by atoms with Gasteiger partial charge in [0.05, 0.1) is 10.5 Å². The number of rotatable bonds is 3. The van der Waals surface area contributed by atoms with E-state index >= 15 is 0 Å². The van der Waals surface area contributed by atoms with Crippen molar-refractivity contribution in [3.63, 3.8) is 0 Å². The molecule has 0 saturated heterocycles. The second-order valence-corrected chi connectivity index (χ2v) is 8.80. The van der Waals surface area contributed by atoms with E-state index in [2.05, 4.69) is 0 Å². The number of benzene rings is 3. The molecule has 0 radical (unpaired) electrons. The third-order valence-corrected chi connectivity index (χ3v) is 6.09. The van der Waals surface area contributed by atoms with Gasteiger partial charge < -0.3 is 9.47 Å². The number of hydrogen-bond donors (Lipinski definition) is 1. The Labute approximate surface area is 177 Å². The molecule has 9 heteroatoms. The molecule has 0 unspecified atom stereocenters. The zero-order valence-electron chi connectivity index (χ0n) is 16.6. The van der Waals surface area contributed by atoms with Crippen molar-refractivity contribution in [1.82, 2.24) is 0 Å². The number of ether oxygens (including phenoxy) is 2. The summed E-state index contributed by atoms with van der Waals surface area (Å²) in [6, 6.07) is 12.3. The van der Waals surface area contributed by atoms with Crippen LogP contribution >= 0.6 is 0 Å². The van der Waals surface area contributed by atoms with E-state index in [-0.39, 0.29) is 22.8 Å². The lowest BCUT2D eigenvalue weighted by molar-refractivity contribution is -0.138. The molecule has 1 heterocycles. The van der Waals surface area contributed by atoms with E-state index in [0.29, 0.717) is 33.8 Å². The Morgan fingerprint density at radius 1 is 0.871 bits per heavy atom. The van der Waals surface area contributed by atoms with Gasteiger partial charge in [-0.25, -0.2) is 13.6 Å². The number of fused-ring (bicyclic) bond motifs is 1. The molecule has 2 N–H and O–H groups in total. The summed E-state index contributed by atoms with van der Waals surface area (Å²) in [7, 11) is -4.06. The van der Waals surface area contributed by atoms with Crippen LogP contribution in [0, 0.1) is 13.8 Å². The largest absolute Gasteiger partial charge is 0.454 e. The first kappa shape index (κ1) is 21.2. The van der Waals surface area contributed by atoms with Gasteiger partial charge >= 0.3 is 6.18 Å². The highest BCUT2D eigenvalue weighted by Crippen LogP contribution is 2.45. The van der Waals surface area contributed by atoms with Gasteiger partial charge in [-0.1, -0.05) is 30.3 Å². The number of halogens is 3. The molecule has 4 rings (SSSR count). The van der Waals surface area contributed by atoms with E-state index in [1.807, 2.05) is 0 Å². The summed E-state index contributed by atoms with van der Waals surface area (Å²) >= 11 is 0. The van der Waals surface area contributed by atoms with Gasteiger partial charge in [-0.2, -0.15) is 13.2 Å². The zero-order valence-corrected chi connectivity index (χ0v) is 17.4. The third-order valence-electron chi connectivity index (χ3n) is 5.12. The van der Waals surface area contributed by atoms with E-state index in [4.69, 9.17) is 14.6 Å². The van der Waals surface area contributed by atoms with Crippen LogP contribution in [-0.4, -0.2) is 15.2 Å². The second kappa shape index (κ2) is 7.28. The smallest absolute Gasteiger partial charge is 0.416 e. The minimum atomic E-state index is -4.48. The van der Waals surface area contributed by atoms with E-state index in [1.54, 1.807) is 30.3 Å². The molecule has 0 bridgehead atoms. The molecule has 1 aliphatic rings. The Hall–Kier alpha value is -3.04. The van der Waals surface area contributed by atoms with Gasteiger partial charge in [0.15, 0.2) is 11.5 Å². The van der Waals surface area contributed by atoms with E-state index < -0.39 is 21.8 Å². The number of sulfonamides is 1. The molecule has 0 aliphatic carbocycles. The summed E-state index contributed by atoms with van der Waals surface area (Å²) in [5.74, 6) is 0.824. The average Bonchev–Trinajstić information content (AvgIpc) is 3.12. The van der Waals surface area contributed by atoms with Crippen LogP contribution in [0.1, 0.15) is 16.7 Å². The Bertz CT molecular complexity index is 1280. The van der Waals surface area contributed by atoms with Gasteiger partial charge in [-0.3, -0.25) is 0 Å². The Morgan fingerprint density at radius 2 is 1.42 bits per heavy atom. The number of nitrogens with two attached hydrogens (primary N) is 1. The van der Waals surface area contributed by atoms with E-state index in [1.165, 1.54) is 32.0 Å².